The zero-order chi connectivity index (χ0) is 14.2. The van der Waals surface area contributed by atoms with Crippen molar-refractivity contribution in [2.75, 3.05) is 0 Å². The van der Waals surface area contributed by atoms with Crippen LogP contribution in [-0.2, 0) is 6.42 Å². The second-order valence-electron chi connectivity index (χ2n) is 5.46. The fraction of sp³-hybridized carbons (Fsp3) is 0.235. The van der Waals surface area contributed by atoms with Crippen molar-refractivity contribution in [2.45, 2.75) is 25.3 Å². The van der Waals surface area contributed by atoms with Gasteiger partial charge in [0.25, 0.3) is 5.91 Å². The number of carbonyl (C=O) groups is 1. The largest absolute Gasteiger partial charge is 0.459 e. The number of hydrogen-bond acceptors (Lipinski definition) is 2. The first-order valence-electron chi connectivity index (χ1n) is 7.27. The number of H-pyrrole nitrogens is 1. The van der Waals surface area contributed by atoms with Gasteiger partial charge >= 0.3 is 0 Å². The third-order valence-electron chi connectivity index (χ3n) is 4.16. The van der Waals surface area contributed by atoms with Gasteiger partial charge in [0.1, 0.15) is 0 Å². The van der Waals surface area contributed by atoms with Crippen LogP contribution in [-0.4, -0.2) is 10.9 Å². The van der Waals surface area contributed by atoms with E-state index < -0.39 is 0 Å². The Morgan fingerprint density at radius 1 is 1.24 bits per heavy atom. The van der Waals surface area contributed by atoms with E-state index in [-0.39, 0.29) is 11.9 Å². The van der Waals surface area contributed by atoms with Crippen LogP contribution in [0.4, 0.5) is 0 Å². The first kappa shape index (κ1) is 12.3. The van der Waals surface area contributed by atoms with Crippen molar-refractivity contribution in [1.29, 1.82) is 0 Å². The maximum absolute atomic E-state index is 12.2. The van der Waals surface area contributed by atoms with Gasteiger partial charge in [-0.1, -0.05) is 18.2 Å². The molecule has 2 N–H and O–H groups in total. The molecule has 4 rings (SSSR count). The van der Waals surface area contributed by atoms with E-state index in [9.17, 15) is 4.79 Å². The number of para-hydroxylation sites is 1. The van der Waals surface area contributed by atoms with E-state index in [1.54, 1.807) is 12.1 Å². The lowest BCUT2D eigenvalue weighted by molar-refractivity contribution is 0.0904. The quantitative estimate of drug-likeness (QED) is 0.754. The van der Waals surface area contributed by atoms with Crippen LogP contribution in [0.5, 0.6) is 0 Å². The lowest BCUT2D eigenvalue weighted by Gasteiger charge is -2.23. The molecular formula is C17H16N2O2. The smallest absolute Gasteiger partial charge is 0.287 e. The lowest BCUT2D eigenvalue weighted by atomic mass is 9.91. The van der Waals surface area contributed by atoms with Gasteiger partial charge in [-0.25, -0.2) is 0 Å². The summed E-state index contributed by atoms with van der Waals surface area (Å²) in [7, 11) is 0. The van der Waals surface area contributed by atoms with Gasteiger partial charge in [0.2, 0.25) is 0 Å². The molecule has 0 fully saturated rings. The Bertz CT molecular complexity index is 786. The summed E-state index contributed by atoms with van der Waals surface area (Å²) in [6.07, 6.45) is 4.61. The average Bonchev–Trinajstić information content (AvgIpc) is 3.15. The second-order valence-corrected chi connectivity index (χ2v) is 5.46. The van der Waals surface area contributed by atoms with E-state index in [1.807, 2.05) is 6.07 Å². The number of fused-ring (bicyclic) bond motifs is 3. The lowest BCUT2D eigenvalue weighted by Crippen LogP contribution is -2.30. The van der Waals surface area contributed by atoms with Crippen molar-refractivity contribution >= 4 is 16.8 Å². The number of benzene rings is 1. The van der Waals surface area contributed by atoms with Crippen LogP contribution < -0.4 is 5.32 Å². The number of aryl methyl sites for hydroxylation is 1. The summed E-state index contributed by atoms with van der Waals surface area (Å²) in [5.74, 6) is 0.203. The standard InChI is InChI=1S/C17H16N2O2/c20-17(15-9-4-10-21-15)19-14-8-3-6-12-11-5-1-2-7-13(11)18-16(12)14/h1-2,4-5,7,9-10,14,18H,3,6,8H2,(H,19,20)/t14-/m1/s1. The van der Waals surface area contributed by atoms with Gasteiger partial charge in [-0.2, -0.15) is 0 Å². The van der Waals surface area contributed by atoms with Crippen molar-refractivity contribution in [2.24, 2.45) is 0 Å². The Kier molecular flexibility index (Phi) is 2.81. The Hall–Kier alpha value is -2.49. The second kappa shape index (κ2) is 4.81. The zero-order valence-electron chi connectivity index (χ0n) is 11.6. The number of furan rings is 1. The number of aromatic amines is 1. The Morgan fingerprint density at radius 2 is 2.14 bits per heavy atom. The van der Waals surface area contributed by atoms with Gasteiger partial charge in [0.05, 0.1) is 12.3 Å². The molecule has 0 saturated heterocycles. The molecule has 21 heavy (non-hydrogen) atoms. The van der Waals surface area contributed by atoms with Crippen LogP contribution in [0.25, 0.3) is 10.9 Å². The maximum atomic E-state index is 12.2. The molecule has 1 amide bonds. The summed E-state index contributed by atoms with van der Waals surface area (Å²) < 4.78 is 5.16. The molecule has 0 radical (unpaired) electrons. The minimum atomic E-state index is -0.156. The average molecular weight is 280 g/mol. The van der Waals surface area contributed by atoms with Crippen LogP contribution >= 0.6 is 0 Å². The Balaban J connectivity index is 1.68. The molecule has 0 aliphatic heterocycles. The van der Waals surface area contributed by atoms with Gasteiger partial charge in [-0.05, 0) is 43.0 Å². The minimum absolute atomic E-state index is 0.0266. The highest BCUT2D eigenvalue weighted by Gasteiger charge is 2.26. The van der Waals surface area contributed by atoms with Crippen LogP contribution in [0.1, 0.15) is 40.7 Å². The highest BCUT2D eigenvalue weighted by atomic mass is 16.3. The first-order valence-corrected chi connectivity index (χ1v) is 7.27. The molecule has 4 heteroatoms. The van der Waals surface area contributed by atoms with Crippen molar-refractivity contribution in [1.82, 2.24) is 10.3 Å². The molecule has 3 aromatic rings. The third kappa shape index (κ3) is 2.03. The van der Waals surface area contributed by atoms with Gasteiger partial charge < -0.3 is 14.7 Å². The number of nitrogens with one attached hydrogen (secondary N) is 2. The predicted molar refractivity (Wildman–Crippen MR) is 80.2 cm³/mol. The number of carbonyl (C=O) groups excluding carboxylic acids is 1. The summed E-state index contributed by atoms with van der Waals surface area (Å²) in [6.45, 7) is 0. The molecule has 1 aliphatic carbocycles. The molecule has 0 unspecified atom stereocenters. The molecule has 1 aliphatic rings. The molecule has 2 heterocycles. The van der Waals surface area contributed by atoms with Crippen molar-refractivity contribution in [3.63, 3.8) is 0 Å². The Labute approximate surface area is 122 Å². The third-order valence-corrected chi connectivity index (χ3v) is 4.16. The summed E-state index contributed by atoms with van der Waals surface area (Å²) in [4.78, 5) is 15.7. The Morgan fingerprint density at radius 3 is 3.00 bits per heavy atom. The predicted octanol–water partition coefficient (Wildman–Crippen LogP) is 3.57. The fourth-order valence-electron chi connectivity index (χ4n) is 3.20. The van der Waals surface area contributed by atoms with Crippen LogP contribution in [0.2, 0.25) is 0 Å². The summed E-state index contributed by atoms with van der Waals surface area (Å²) >= 11 is 0. The van der Waals surface area contributed by atoms with E-state index in [1.165, 1.54) is 17.2 Å². The summed E-state index contributed by atoms with van der Waals surface area (Å²) in [5.41, 5.74) is 3.62. The maximum Gasteiger partial charge on any atom is 0.287 e. The van der Waals surface area contributed by atoms with E-state index in [0.717, 1.165) is 30.5 Å². The highest BCUT2D eigenvalue weighted by molar-refractivity contribution is 5.92. The SMILES string of the molecule is O=C(N[C@@H]1CCCc2c1[nH]c1ccccc21)c1ccco1. The summed E-state index contributed by atoms with van der Waals surface area (Å²) in [5, 5.41) is 4.34. The number of hydrogen-bond donors (Lipinski definition) is 2. The molecule has 2 aromatic heterocycles. The van der Waals surface area contributed by atoms with Crippen LogP contribution in [0.3, 0.4) is 0 Å². The van der Waals surface area contributed by atoms with Crippen molar-refractivity contribution < 1.29 is 9.21 Å². The molecule has 0 bridgehead atoms. The van der Waals surface area contributed by atoms with E-state index in [4.69, 9.17) is 4.42 Å². The molecule has 1 aromatic carbocycles. The van der Waals surface area contributed by atoms with Crippen LogP contribution in [0.15, 0.2) is 47.1 Å². The van der Waals surface area contributed by atoms with Gasteiger partial charge in [0, 0.05) is 16.6 Å². The monoisotopic (exact) mass is 280 g/mol. The number of rotatable bonds is 2. The number of amides is 1. The molecule has 0 spiro atoms. The normalized spacial score (nSPS) is 17.6. The minimum Gasteiger partial charge on any atom is -0.459 e. The number of aromatic nitrogens is 1. The fourth-order valence-corrected chi connectivity index (χ4v) is 3.20. The van der Waals surface area contributed by atoms with Gasteiger partial charge in [-0.3, -0.25) is 4.79 Å². The van der Waals surface area contributed by atoms with E-state index >= 15 is 0 Å². The van der Waals surface area contributed by atoms with Crippen LogP contribution in [0, 0.1) is 0 Å². The van der Waals surface area contributed by atoms with Gasteiger partial charge in [0.15, 0.2) is 5.76 Å². The molecule has 4 nitrogen and oxygen atoms in total. The summed E-state index contributed by atoms with van der Waals surface area (Å²) in [6, 6.07) is 11.7. The molecule has 106 valence electrons. The highest BCUT2D eigenvalue weighted by Crippen LogP contribution is 2.34. The topological polar surface area (TPSA) is 58.0 Å². The van der Waals surface area contributed by atoms with E-state index in [0.29, 0.717) is 5.76 Å². The first-order chi connectivity index (χ1) is 10.3. The van der Waals surface area contributed by atoms with Crippen molar-refractivity contribution in [3.05, 3.63) is 59.7 Å². The molecule has 1 atom stereocenters. The van der Waals surface area contributed by atoms with Gasteiger partial charge in [-0.15, -0.1) is 0 Å². The molecule has 0 saturated carbocycles. The molecular weight excluding hydrogens is 264 g/mol. The van der Waals surface area contributed by atoms with E-state index in [2.05, 4.69) is 28.5 Å². The van der Waals surface area contributed by atoms with Crippen molar-refractivity contribution in [3.8, 4) is 0 Å². The zero-order valence-corrected chi connectivity index (χ0v) is 11.6.